The van der Waals surface area contributed by atoms with Gasteiger partial charge < -0.3 is 4.90 Å². The van der Waals surface area contributed by atoms with Gasteiger partial charge in [0.25, 0.3) is 5.91 Å². The van der Waals surface area contributed by atoms with Crippen molar-refractivity contribution in [2.24, 2.45) is 0 Å². The molecule has 0 bridgehead atoms. The highest BCUT2D eigenvalue weighted by Gasteiger charge is 2.14. The molecule has 0 aliphatic rings. The van der Waals surface area contributed by atoms with Crippen LogP contribution in [0.2, 0.25) is 5.15 Å². The van der Waals surface area contributed by atoms with Crippen LogP contribution in [0, 0.1) is 6.92 Å². The van der Waals surface area contributed by atoms with Crippen molar-refractivity contribution >= 4 is 23.2 Å². The molecule has 0 fully saturated rings. The summed E-state index contributed by atoms with van der Waals surface area (Å²) in [5.74, 6) is -0.0957. The monoisotopic (exact) mass is 288 g/mol. The quantitative estimate of drug-likeness (QED) is 0.803. The first-order valence-corrected chi connectivity index (χ1v) is 6.90. The first kappa shape index (κ1) is 14.5. The topological polar surface area (TPSA) is 33.2 Å². The molecule has 0 atom stereocenters. The summed E-state index contributed by atoms with van der Waals surface area (Å²) in [6.07, 6.45) is 0.983. The number of nitrogens with zero attached hydrogens (tertiary/aromatic N) is 2. The fourth-order valence-electron chi connectivity index (χ4n) is 2.02. The smallest absolute Gasteiger partial charge is 0.258 e. The number of halogens is 1. The third-order valence-corrected chi connectivity index (χ3v) is 3.40. The molecule has 4 heteroatoms. The highest BCUT2D eigenvalue weighted by molar-refractivity contribution is 6.29. The van der Waals surface area contributed by atoms with Gasteiger partial charge in [-0.15, -0.1) is 0 Å². The Morgan fingerprint density at radius 2 is 1.90 bits per heavy atom. The molecular formula is C16H17ClN2O. The third-order valence-electron chi connectivity index (χ3n) is 3.21. The van der Waals surface area contributed by atoms with E-state index in [-0.39, 0.29) is 5.91 Å². The number of anilines is 1. The van der Waals surface area contributed by atoms with Gasteiger partial charge in [-0.3, -0.25) is 4.79 Å². The Morgan fingerprint density at radius 1 is 1.25 bits per heavy atom. The van der Waals surface area contributed by atoms with Crippen LogP contribution in [0.5, 0.6) is 0 Å². The molecule has 0 radical (unpaired) electrons. The lowest BCUT2D eigenvalue weighted by molar-refractivity contribution is 0.0993. The molecule has 1 aromatic carbocycles. The van der Waals surface area contributed by atoms with E-state index >= 15 is 0 Å². The van der Waals surface area contributed by atoms with Crippen molar-refractivity contribution in [2.45, 2.75) is 20.3 Å². The molecule has 0 unspecified atom stereocenters. The number of benzene rings is 1. The van der Waals surface area contributed by atoms with Gasteiger partial charge in [0.05, 0.1) is 0 Å². The molecule has 0 saturated carbocycles. The molecule has 0 aliphatic carbocycles. The van der Waals surface area contributed by atoms with Gasteiger partial charge in [0.2, 0.25) is 0 Å². The molecule has 1 heterocycles. The molecule has 3 nitrogen and oxygen atoms in total. The molecule has 0 aliphatic heterocycles. The number of rotatable bonds is 3. The minimum atomic E-state index is -0.0957. The molecule has 2 aromatic rings. The molecule has 0 saturated heterocycles. The van der Waals surface area contributed by atoms with Crippen molar-refractivity contribution in [1.29, 1.82) is 0 Å². The van der Waals surface area contributed by atoms with Crippen LogP contribution in [0.1, 0.15) is 28.5 Å². The van der Waals surface area contributed by atoms with Crippen LogP contribution in [0.15, 0.2) is 36.4 Å². The Kier molecular flexibility index (Phi) is 4.40. The summed E-state index contributed by atoms with van der Waals surface area (Å²) in [6.45, 7) is 3.92. The van der Waals surface area contributed by atoms with Crippen LogP contribution < -0.4 is 4.90 Å². The zero-order valence-corrected chi connectivity index (χ0v) is 12.6. The third kappa shape index (κ3) is 3.17. The number of carbonyl (C=O) groups excluding carboxylic acids is 1. The van der Waals surface area contributed by atoms with Crippen molar-refractivity contribution in [3.63, 3.8) is 0 Å². The Bertz CT molecular complexity index is 603. The van der Waals surface area contributed by atoms with Crippen molar-refractivity contribution in [1.82, 2.24) is 4.98 Å². The average Bonchev–Trinajstić information content (AvgIpc) is 2.45. The fraction of sp³-hybridized carbons (Fsp3) is 0.250. The maximum atomic E-state index is 12.4. The lowest BCUT2D eigenvalue weighted by Gasteiger charge is -2.18. The van der Waals surface area contributed by atoms with Gasteiger partial charge in [0.1, 0.15) is 5.15 Å². The van der Waals surface area contributed by atoms with E-state index in [9.17, 15) is 4.79 Å². The van der Waals surface area contributed by atoms with Gasteiger partial charge in [-0.1, -0.05) is 30.7 Å². The maximum Gasteiger partial charge on any atom is 0.258 e. The van der Waals surface area contributed by atoms with Gasteiger partial charge in [-0.2, -0.15) is 0 Å². The van der Waals surface area contributed by atoms with Gasteiger partial charge in [-0.05, 0) is 43.2 Å². The predicted octanol–water partition coefficient (Wildman–Crippen LogP) is 3.88. The van der Waals surface area contributed by atoms with E-state index in [1.165, 1.54) is 5.56 Å². The number of hydrogen-bond acceptors (Lipinski definition) is 2. The lowest BCUT2D eigenvalue weighted by Crippen LogP contribution is -2.26. The minimum absolute atomic E-state index is 0.0957. The number of pyridine rings is 1. The van der Waals surface area contributed by atoms with E-state index < -0.39 is 0 Å². The number of carbonyl (C=O) groups is 1. The molecule has 1 aromatic heterocycles. The highest BCUT2D eigenvalue weighted by Crippen LogP contribution is 2.18. The minimum Gasteiger partial charge on any atom is -0.311 e. The number of hydrogen-bond donors (Lipinski definition) is 0. The first-order chi connectivity index (χ1) is 9.51. The summed E-state index contributed by atoms with van der Waals surface area (Å²) in [4.78, 5) is 18.1. The van der Waals surface area contributed by atoms with Crippen molar-refractivity contribution < 1.29 is 4.79 Å². The predicted molar refractivity (Wildman–Crippen MR) is 82.5 cm³/mol. The Labute approximate surface area is 124 Å². The second-order valence-corrected chi connectivity index (χ2v) is 5.09. The molecule has 0 N–H and O–H groups in total. The van der Waals surface area contributed by atoms with E-state index in [2.05, 4.69) is 11.9 Å². The Balaban J connectivity index is 2.27. The summed E-state index contributed by atoms with van der Waals surface area (Å²) in [7, 11) is 1.76. The lowest BCUT2D eigenvalue weighted by atomic mass is 10.1. The normalized spacial score (nSPS) is 10.4. The average molecular weight is 289 g/mol. The summed E-state index contributed by atoms with van der Waals surface area (Å²) in [5, 5.41) is 0.336. The summed E-state index contributed by atoms with van der Waals surface area (Å²) >= 11 is 5.90. The molecular weight excluding hydrogens is 272 g/mol. The first-order valence-electron chi connectivity index (χ1n) is 6.52. The Morgan fingerprint density at radius 3 is 2.45 bits per heavy atom. The Hall–Kier alpha value is -1.87. The maximum absolute atomic E-state index is 12.4. The van der Waals surface area contributed by atoms with Gasteiger partial charge in [-0.25, -0.2) is 4.98 Å². The number of aryl methyl sites for hydroxylation is 2. The van der Waals surface area contributed by atoms with Gasteiger partial charge >= 0.3 is 0 Å². The van der Waals surface area contributed by atoms with Gasteiger partial charge in [0.15, 0.2) is 0 Å². The number of aromatic nitrogens is 1. The van der Waals surface area contributed by atoms with E-state index in [0.29, 0.717) is 10.7 Å². The second-order valence-electron chi connectivity index (χ2n) is 4.70. The van der Waals surface area contributed by atoms with Crippen LogP contribution in [0.3, 0.4) is 0 Å². The molecule has 1 amide bonds. The largest absolute Gasteiger partial charge is 0.311 e. The standard InChI is InChI=1S/C16H17ClN2O/c1-4-12-5-7-14(8-6-12)19(3)16(20)13-9-11(2)18-15(17)10-13/h5-10H,4H2,1-3H3. The van der Waals surface area contributed by atoms with Crippen molar-refractivity contribution in [3.8, 4) is 0 Å². The van der Waals surface area contributed by atoms with E-state index in [1.54, 1.807) is 24.1 Å². The number of amides is 1. The van der Waals surface area contributed by atoms with Crippen LogP contribution in [-0.4, -0.2) is 17.9 Å². The van der Waals surface area contributed by atoms with E-state index in [4.69, 9.17) is 11.6 Å². The van der Waals surface area contributed by atoms with Gasteiger partial charge in [0, 0.05) is 24.0 Å². The van der Waals surface area contributed by atoms with Crippen LogP contribution in [0.25, 0.3) is 0 Å². The summed E-state index contributed by atoms with van der Waals surface area (Å²) in [5.41, 5.74) is 3.38. The zero-order chi connectivity index (χ0) is 14.7. The molecule has 20 heavy (non-hydrogen) atoms. The van der Waals surface area contributed by atoms with Crippen molar-refractivity contribution in [3.05, 3.63) is 58.4 Å². The van der Waals surface area contributed by atoms with Crippen LogP contribution in [0.4, 0.5) is 5.69 Å². The molecule has 0 spiro atoms. The SMILES string of the molecule is CCc1ccc(N(C)C(=O)c2cc(C)nc(Cl)c2)cc1. The highest BCUT2D eigenvalue weighted by atomic mass is 35.5. The van der Waals surface area contributed by atoms with Crippen molar-refractivity contribution in [2.75, 3.05) is 11.9 Å². The molecule has 2 rings (SSSR count). The second kappa shape index (κ2) is 6.06. The van der Waals surface area contributed by atoms with E-state index in [0.717, 1.165) is 17.8 Å². The molecule has 104 valence electrons. The van der Waals surface area contributed by atoms with E-state index in [1.807, 2.05) is 31.2 Å². The van der Waals surface area contributed by atoms with Crippen LogP contribution in [-0.2, 0) is 6.42 Å². The fourth-order valence-corrected chi connectivity index (χ4v) is 2.27. The zero-order valence-electron chi connectivity index (χ0n) is 11.9. The van der Waals surface area contributed by atoms with Crippen LogP contribution >= 0.6 is 11.6 Å². The summed E-state index contributed by atoms with van der Waals surface area (Å²) in [6, 6.07) is 11.3. The summed E-state index contributed by atoms with van der Waals surface area (Å²) < 4.78 is 0.